The van der Waals surface area contributed by atoms with Gasteiger partial charge in [0, 0.05) is 12.1 Å². The zero-order valence-electron chi connectivity index (χ0n) is 17.2. The standard InChI is InChI=1S/C24H21N5O2S/c25-22-21-24(29(32(30,31)27-22)17-19-12-6-2-7-13-19)26-23(20-14-8-3-9-15-20)28(21)16-18-10-4-1-5-11-18/h1-15H,16-17H2,(H2,25,27). The minimum absolute atomic E-state index is 0.0603. The van der Waals surface area contributed by atoms with Gasteiger partial charge in [-0.2, -0.15) is 8.42 Å². The summed E-state index contributed by atoms with van der Waals surface area (Å²) in [4.78, 5) is 4.79. The second-order valence-electron chi connectivity index (χ2n) is 7.49. The van der Waals surface area contributed by atoms with Crippen molar-refractivity contribution in [2.24, 2.45) is 10.1 Å². The van der Waals surface area contributed by atoms with Gasteiger partial charge in [-0.15, -0.1) is 4.40 Å². The Labute approximate surface area is 186 Å². The van der Waals surface area contributed by atoms with E-state index in [1.165, 1.54) is 4.31 Å². The van der Waals surface area contributed by atoms with Crippen molar-refractivity contribution in [1.29, 1.82) is 0 Å². The lowest BCUT2D eigenvalue weighted by Crippen LogP contribution is -2.37. The summed E-state index contributed by atoms with van der Waals surface area (Å²) < 4.78 is 33.0. The molecule has 0 bridgehead atoms. The molecule has 0 saturated heterocycles. The quantitative estimate of drug-likeness (QED) is 0.510. The third-order valence-corrected chi connectivity index (χ3v) is 6.59. The zero-order valence-corrected chi connectivity index (χ0v) is 18.0. The molecular weight excluding hydrogens is 422 g/mol. The number of amidine groups is 1. The maximum atomic E-state index is 13.0. The fraction of sp³-hybridized carbons (Fsp3) is 0.0833. The molecule has 0 aliphatic carbocycles. The maximum Gasteiger partial charge on any atom is 0.348 e. The molecule has 1 aliphatic heterocycles. The second-order valence-corrected chi connectivity index (χ2v) is 9.01. The molecule has 7 nitrogen and oxygen atoms in total. The highest BCUT2D eigenvalue weighted by Crippen LogP contribution is 2.34. The molecule has 3 aromatic carbocycles. The number of rotatable bonds is 5. The van der Waals surface area contributed by atoms with Crippen molar-refractivity contribution >= 4 is 21.9 Å². The third kappa shape index (κ3) is 3.65. The van der Waals surface area contributed by atoms with Crippen LogP contribution in [0.3, 0.4) is 0 Å². The number of hydrogen-bond acceptors (Lipinski definition) is 4. The molecule has 2 heterocycles. The van der Waals surface area contributed by atoms with E-state index in [-0.39, 0.29) is 18.2 Å². The molecule has 160 valence electrons. The van der Waals surface area contributed by atoms with Crippen molar-refractivity contribution in [3.05, 3.63) is 108 Å². The number of nitrogens with two attached hydrogens (primary N) is 1. The highest BCUT2D eigenvalue weighted by Gasteiger charge is 2.36. The van der Waals surface area contributed by atoms with E-state index in [1.54, 1.807) is 0 Å². The summed E-state index contributed by atoms with van der Waals surface area (Å²) in [6.07, 6.45) is 0. The van der Waals surface area contributed by atoms with Crippen LogP contribution in [0.5, 0.6) is 0 Å². The van der Waals surface area contributed by atoms with Crippen LogP contribution in [0, 0.1) is 0 Å². The molecule has 4 aromatic rings. The SMILES string of the molecule is NC1=NS(=O)(=O)N(Cc2ccccc2)c2nc(-c3ccccc3)n(Cc3ccccc3)c21. The largest absolute Gasteiger partial charge is 0.381 e. The van der Waals surface area contributed by atoms with E-state index in [0.717, 1.165) is 16.7 Å². The molecule has 1 aromatic heterocycles. The molecule has 2 N–H and O–H groups in total. The van der Waals surface area contributed by atoms with Crippen LogP contribution in [0.4, 0.5) is 5.82 Å². The Hall–Kier alpha value is -3.91. The smallest absolute Gasteiger partial charge is 0.348 e. The van der Waals surface area contributed by atoms with Gasteiger partial charge in [0.05, 0.1) is 6.54 Å². The van der Waals surface area contributed by atoms with Gasteiger partial charge in [-0.3, -0.25) is 0 Å². The van der Waals surface area contributed by atoms with Gasteiger partial charge in [-0.05, 0) is 11.1 Å². The minimum Gasteiger partial charge on any atom is -0.381 e. The summed E-state index contributed by atoms with van der Waals surface area (Å²) in [6, 6.07) is 28.9. The summed E-state index contributed by atoms with van der Waals surface area (Å²) in [7, 11) is -4.02. The second kappa shape index (κ2) is 7.97. The number of aromatic nitrogens is 2. The number of nitrogens with zero attached hydrogens (tertiary/aromatic N) is 4. The van der Waals surface area contributed by atoms with Gasteiger partial charge < -0.3 is 10.3 Å². The number of hydrogen-bond donors (Lipinski definition) is 1. The minimum atomic E-state index is -4.02. The Morgan fingerprint density at radius 2 is 1.28 bits per heavy atom. The van der Waals surface area contributed by atoms with Crippen LogP contribution in [-0.2, 0) is 23.3 Å². The van der Waals surface area contributed by atoms with E-state index in [0.29, 0.717) is 18.1 Å². The molecule has 8 heteroatoms. The monoisotopic (exact) mass is 443 g/mol. The lowest BCUT2D eigenvalue weighted by Gasteiger charge is -2.25. The molecule has 0 amide bonds. The van der Waals surface area contributed by atoms with Gasteiger partial charge >= 0.3 is 10.2 Å². The number of anilines is 1. The van der Waals surface area contributed by atoms with E-state index >= 15 is 0 Å². The van der Waals surface area contributed by atoms with Crippen molar-refractivity contribution in [2.45, 2.75) is 13.1 Å². The highest BCUT2D eigenvalue weighted by molar-refractivity contribution is 7.91. The summed E-state index contributed by atoms with van der Waals surface area (Å²) in [5.41, 5.74) is 9.44. The van der Waals surface area contributed by atoms with E-state index in [2.05, 4.69) is 4.40 Å². The number of imidazole rings is 1. The molecule has 0 saturated carbocycles. The van der Waals surface area contributed by atoms with E-state index in [4.69, 9.17) is 10.7 Å². The van der Waals surface area contributed by atoms with Crippen molar-refractivity contribution in [1.82, 2.24) is 9.55 Å². The van der Waals surface area contributed by atoms with E-state index < -0.39 is 10.2 Å². The Morgan fingerprint density at radius 1 is 0.750 bits per heavy atom. The van der Waals surface area contributed by atoms with Gasteiger partial charge in [0.1, 0.15) is 11.5 Å². The van der Waals surface area contributed by atoms with Crippen LogP contribution in [0.15, 0.2) is 95.4 Å². The van der Waals surface area contributed by atoms with Gasteiger partial charge in [0.15, 0.2) is 11.7 Å². The third-order valence-electron chi connectivity index (χ3n) is 5.30. The van der Waals surface area contributed by atoms with Gasteiger partial charge in [-0.1, -0.05) is 91.0 Å². The van der Waals surface area contributed by atoms with Crippen LogP contribution < -0.4 is 10.0 Å². The molecule has 5 rings (SSSR count). The number of benzene rings is 3. The first-order chi connectivity index (χ1) is 15.5. The predicted octanol–water partition coefficient (Wildman–Crippen LogP) is 3.57. The Morgan fingerprint density at radius 3 is 1.88 bits per heavy atom. The molecule has 1 aliphatic rings. The van der Waals surface area contributed by atoms with Crippen molar-refractivity contribution in [2.75, 3.05) is 4.31 Å². The van der Waals surface area contributed by atoms with Crippen LogP contribution in [-0.4, -0.2) is 23.8 Å². The van der Waals surface area contributed by atoms with Gasteiger partial charge in [0.25, 0.3) is 0 Å². The van der Waals surface area contributed by atoms with Crippen LogP contribution in [0.2, 0.25) is 0 Å². The first kappa shape index (κ1) is 20.0. The number of fused-ring (bicyclic) bond motifs is 1. The molecule has 0 unspecified atom stereocenters. The van der Waals surface area contributed by atoms with Gasteiger partial charge in [0.2, 0.25) is 0 Å². The normalized spacial score (nSPS) is 14.6. The molecule has 0 spiro atoms. The van der Waals surface area contributed by atoms with Crippen molar-refractivity contribution in [3.63, 3.8) is 0 Å². The fourth-order valence-electron chi connectivity index (χ4n) is 3.83. The summed E-state index contributed by atoms with van der Waals surface area (Å²) >= 11 is 0. The predicted molar refractivity (Wildman–Crippen MR) is 125 cm³/mol. The summed E-state index contributed by atoms with van der Waals surface area (Å²) in [6.45, 7) is 0.590. The summed E-state index contributed by atoms with van der Waals surface area (Å²) in [5.74, 6) is 0.860. The average molecular weight is 444 g/mol. The Balaban J connectivity index is 1.71. The molecule has 0 atom stereocenters. The lowest BCUT2D eigenvalue weighted by molar-refractivity contribution is 0.591. The van der Waals surface area contributed by atoms with Gasteiger partial charge in [-0.25, -0.2) is 9.29 Å². The van der Waals surface area contributed by atoms with Crippen molar-refractivity contribution < 1.29 is 8.42 Å². The molecule has 0 fully saturated rings. The van der Waals surface area contributed by atoms with E-state index in [1.807, 2.05) is 95.6 Å². The first-order valence-electron chi connectivity index (χ1n) is 10.2. The van der Waals surface area contributed by atoms with Crippen molar-refractivity contribution in [3.8, 4) is 11.4 Å². The Bertz CT molecular complexity index is 1380. The van der Waals surface area contributed by atoms with Crippen LogP contribution >= 0.6 is 0 Å². The topological polar surface area (TPSA) is 93.6 Å². The molecular formula is C24H21N5O2S. The molecule has 32 heavy (non-hydrogen) atoms. The highest BCUT2D eigenvalue weighted by atomic mass is 32.2. The summed E-state index contributed by atoms with van der Waals surface area (Å²) in [5, 5.41) is 0. The fourth-order valence-corrected chi connectivity index (χ4v) is 4.92. The lowest BCUT2D eigenvalue weighted by atomic mass is 10.2. The van der Waals surface area contributed by atoms with E-state index in [9.17, 15) is 8.42 Å². The maximum absolute atomic E-state index is 13.0. The molecule has 0 radical (unpaired) electrons. The Kier molecular flexibility index (Phi) is 4.99. The average Bonchev–Trinajstić information content (AvgIpc) is 3.17. The van der Waals surface area contributed by atoms with Crippen LogP contribution in [0.1, 0.15) is 16.8 Å². The first-order valence-corrected chi connectivity index (χ1v) is 11.5. The van der Waals surface area contributed by atoms with Crippen LogP contribution in [0.25, 0.3) is 11.4 Å². The zero-order chi connectivity index (χ0) is 22.1.